The van der Waals surface area contributed by atoms with E-state index in [2.05, 4.69) is 15.9 Å². The van der Waals surface area contributed by atoms with E-state index in [-0.39, 0.29) is 23.5 Å². The normalized spacial score (nSPS) is 9.95. The van der Waals surface area contributed by atoms with Gasteiger partial charge in [-0.15, -0.1) is 0 Å². The summed E-state index contributed by atoms with van der Waals surface area (Å²) in [6.07, 6.45) is 0. The fourth-order valence-electron chi connectivity index (χ4n) is 1.54. The quantitative estimate of drug-likeness (QED) is 0.606. The summed E-state index contributed by atoms with van der Waals surface area (Å²) in [5.74, 6) is -0.924. The van der Waals surface area contributed by atoms with Crippen molar-refractivity contribution in [2.75, 3.05) is 0 Å². The second-order valence-electron chi connectivity index (χ2n) is 4.28. The van der Waals surface area contributed by atoms with Crippen LogP contribution in [0.15, 0.2) is 40.9 Å². The number of hydrogen-bond acceptors (Lipinski definition) is 4. The lowest BCUT2D eigenvalue weighted by atomic mass is 9.79. The van der Waals surface area contributed by atoms with Gasteiger partial charge in [0, 0.05) is 15.6 Å². The van der Waals surface area contributed by atoms with Gasteiger partial charge in [0.25, 0.3) is 0 Å². The van der Waals surface area contributed by atoms with Gasteiger partial charge in [0.05, 0.1) is 13.2 Å². The van der Waals surface area contributed by atoms with Crippen LogP contribution in [-0.4, -0.2) is 27.4 Å². The molecule has 4 nitrogen and oxygen atoms in total. The van der Waals surface area contributed by atoms with Gasteiger partial charge < -0.3 is 20.3 Å². The summed E-state index contributed by atoms with van der Waals surface area (Å²) < 4.78 is 26.1. The predicted octanol–water partition coefficient (Wildman–Crippen LogP) is 1.08. The molecule has 0 radical (unpaired) electrons. The Balaban J connectivity index is 0.000000224. The minimum atomic E-state index is -1.63. The Kier molecular flexibility index (Phi) is 7.64. The first kappa shape index (κ1) is 18.7. The number of aliphatic hydroxyl groups excluding tert-OH is 2. The van der Waals surface area contributed by atoms with Gasteiger partial charge in [-0.2, -0.15) is 0 Å². The molecule has 0 saturated carbocycles. The lowest BCUT2D eigenvalue weighted by Gasteiger charge is -2.02. The van der Waals surface area contributed by atoms with Crippen LogP contribution in [0.25, 0.3) is 0 Å². The Labute approximate surface area is 134 Å². The number of benzene rings is 2. The maximum Gasteiger partial charge on any atom is 0.488 e. The monoisotopic (exact) mass is 374 g/mol. The van der Waals surface area contributed by atoms with Crippen LogP contribution in [0.3, 0.4) is 0 Å². The third-order valence-electron chi connectivity index (χ3n) is 2.72. The van der Waals surface area contributed by atoms with Gasteiger partial charge in [-0.25, -0.2) is 8.78 Å². The summed E-state index contributed by atoms with van der Waals surface area (Å²) in [6, 6.07) is 8.00. The predicted molar refractivity (Wildman–Crippen MR) is 82.2 cm³/mol. The number of rotatable bonds is 3. The maximum absolute atomic E-state index is 12.7. The summed E-state index contributed by atoms with van der Waals surface area (Å²) in [5.41, 5.74) is 0.537. The van der Waals surface area contributed by atoms with Gasteiger partial charge in [0.15, 0.2) is 0 Å². The van der Waals surface area contributed by atoms with Crippen molar-refractivity contribution in [2.45, 2.75) is 13.2 Å². The molecule has 0 fully saturated rings. The zero-order valence-corrected chi connectivity index (χ0v) is 13.0. The van der Waals surface area contributed by atoms with Gasteiger partial charge in [-0.05, 0) is 29.7 Å². The average molecular weight is 375 g/mol. The van der Waals surface area contributed by atoms with Crippen molar-refractivity contribution >= 4 is 28.5 Å². The smallest absolute Gasteiger partial charge is 0.423 e. The molecule has 2 rings (SSSR count). The van der Waals surface area contributed by atoms with Crippen molar-refractivity contribution in [3.8, 4) is 0 Å². The van der Waals surface area contributed by atoms with E-state index in [1.807, 2.05) is 0 Å². The molecule has 4 N–H and O–H groups in total. The van der Waals surface area contributed by atoms with Crippen LogP contribution < -0.4 is 5.46 Å². The van der Waals surface area contributed by atoms with Gasteiger partial charge in [0.1, 0.15) is 11.6 Å². The highest BCUT2D eigenvalue weighted by Gasteiger charge is 2.12. The molecule has 0 heterocycles. The molecule has 0 amide bonds. The molecular formula is C14H14BBrF2O4. The van der Waals surface area contributed by atoms with Crippen LogP contribution in [0.1, 0.15) is 11.1 Å². The fourth-order valence-corrected chi connectivity index (χ4v) is 1.95. The molecule has 2 aromatic carbocycles. The largest absolute Gasteiger partial charge is 0.488 e. The van der Waals surface area contributed by atoms with Crippen molar-refractivity contribution in [1.29, 1.82) is 0 Å². The lowest BCUT2D eigenvalue weighted by molar-refractivity contribution is 0.275. The molecule has 118 valence electrons. The Hall–Kier alpha value is -1.32. The fraction of sp³-hybridized carbons (Fsp3) is 0.143. The van der Waals surface area contributed by atoms with E-state index in [0.29, 0.717) is 5.56 Å². The Morgan fingerprint density at radius 2 is 1.36 bits per heavy atom. The molecule has 0 saturated heterocycles. The summed E-state index contributed by atoms with van der Waals surface area (Å²) in [5, 5.41) is 34.6. The van der Waals surface area contributed by atoms with Crippen LogP contribution in [0.4, 0.5) is 8.78 Å². The zero-order chi connectivity index (χ0) is 16.7. The molecule has 0 aliphatic heterocycles. The molecule has 2 aromatic rings. The van der Waals surface area contributed by atoms with Crippen molar-refractivity contribution in [2.24, 2.45) is 0 Å². The minimum absolute atomic E-state index is 0.0561. The van der Waals surface area contributed by atoms with Crippen LogP contribution >= 0.6 is 15.9 Å². The number of halogens is 3. The first-order chi connectivity index (χ1) is 10.4. The molecule has 8 heteroatoms. The molecule has 0 aromatic heterocycles. The van der Waals surface area contributed by atoms with Gasteiger partial charge in [0.2, 0.25) is 0 Å². The topological polar surface area (TPSA) is 80.9 Å². The third-order valence-corrected chi connectivity index (χ3v) is 3.21. The Bertz CT molecular complexity index is 626. The van der Waals surface area contributed by atoms with E-state index in [1.165, 1.54) is 18.2 Å². The van der Waals surface area contributed by atoms with Crippen LogP contribution in [0.2, 0.25) is 0 Å². The molecular weight excluding hydrogens is 361 g/mol. The van der Waals surface area contributed by atoms with Gasteiger partial charge in [-0.3, -0.25) is 0 Å². The second-order valence-corrected chi connectivity index (χ2v) is 5.19. The average Bonchev–Trinajstić information content (AvgIpc) is 2.50. The number of aliphatic hydroxyl groups is 2. The zero-order valence-electron chi connectivity index (χ0n) is 11.4. The van der Waals surface area contributed by atoms with Crippen molar-refractivity contribution in [1.82, 2.24) is 0 Å². The van der Waals surface area contributed by atoms with E-state index in [0.717, 1.165) is 10.5 Å². The standard InChI is InChI=1S/C7H8BFO3.C7H6BrFO/c9-7-2-1-6(8(11)12)3-5(7)4-10;8-6-1-2-7(9)5(3-6)4-10/h1-3,10-12H,4H2;1-3,10H,4H2. The lowest BCUT2D eigenvalue weighted by Crippen LogP contribution is -2.30. The highest BCUT2D eigenvalue weighted by atomic mass is 79.9. The molecule has 0 aliphatic rings. The SMILES string of the molecule is OCc1cc(B(O)O)ccc1F.OCc1cc(Br)ccc1F. The van der Waals surface area contributed by atoms with E-state index < -0.39 is 19.5 Å². The Morgan fingerprint density at radius 1 is 0.864 bits per heavy atom. The number of hydrogen-bond donors (Lipinski definition) is 4. The van der Waals surface area contributed by atoms with Gasteiger partial charge in [-0.1, -0.05) is 28.1 Å². The van der Waals surface area contributed by atoms with E-state index >= 15 is 0 Å². The summed E-state index contributed by atoms with van der Waals surface area (Å²) in [7, 11) is -1.63. The highest BCUT2D eigenvalue weighted by Crippen LogP contribution is 2.14. The van der Waals surface area contributed by atoms with Gasteiger partial charge >= 0.3 is 7.12 Å². The molecule has 0 bridgehead atoms. The Morgan fingerprint density at radius 3 is 1.82 bits per heavy atom. The second kappa shape index (κ2) is 8.97. The van der Waals surface area contributed by atoms with E-state index in [9.17, 15) is 8.78 Å². The minimum Gasteiger partial charge on any atom is -0.423 e. The first-order valence-electron chi connectivity index (χ1n) is 6.19. The summed E-state index contributed by atoms with van der Waals surface area (Å²) >= 11 is 3.16. The highest BCUT2D eigenvalue weighted by molar-refractivity contribution is 9.10. The van der Waals surface area contributed by atoms with Crippen molar-refractivity contribution < 1.29 is 29.0 Å². The van der Waals surface area contributed by atoms with Crippen LogP contribution in [0, 0.1) is 11.6 Å². The summed E-state index contributed by atoms with van der Waals surface area (Å²) in [6.45, 7) is -0.711. The molecule has 22 heavy (non-hydrogen) atoms. The molecule has 0 unspecified atom stereocenters. The molecule has 0 spiro atoms. The molecule has 0 atom stereocenters. The third kappa shape index (κ3) is 5.47. The van der Waals surface area contributed by atoms with E-state index in [1.54, 1.807) is 12.1 Å². The van der Waals surface area contributed by atoms with Crippen molar-refractivity contribution in [3.05, 3.63) is 63.6 Å². The first-order valence-corrected chi connectivity index (χ1v) is 6.98. The van der Waals surface area contributed by atoms with Crippen LogP contribution in [-0.2, 0) is 13.2 Å². The summed E-state index contributed by atoms with van der Waals surface area (Å²) in [4.78, 5) is 0. The van der Waals surface area contributed by atoms with E-state index in [4.69, 9.17) is 20.3 Å². The van der Waals surface area contributed by atoms with Crippen LogP contribution in [0.5, 0.6) is 0 Å². The maximum atomic E-state index is 12.7. The molecule has 0 aliphatic carbocycles. The van der Waals surface area contributed by atoms with Crippen molar-refractivity contribution in [3.63, 3.8) is 0 Å².